The topological polar surface area (TPSA) is 42.0 Å². The van der Waals surface area contributed by atoms with Crippen LogP contribution in [0.5, 0.6) is 0 Å². The van der Waals surface area contributed by atoms with Crippen LogP contribution in [-0.4, -0.2) is 17.1 Å². The van der Waals surface area contributed by atoms with Crippen LogP contribution in [0.15, 0.2) is 90.0 Å². The number of hydrogen-bond acceptors (Lipinski definition) is 3. The predicted octanol–water partition coefficient (Wildman–Crippen LogP) is 7.18. The van der Waals surface area contributed by atoms with E-state index in [0.717, 1.165) is 16.2 Å². The number of halogens is 2. The number of benzene rings is 3. The number of carbonyl (C=O) groups is 1. The van der Waals surface area contributed by atoms with E-state index in [1.807, 2.05) is 60.9 Å². The van der Waals surface area contributed by atoms with Gasteiger partial charge in [-0.1, -0.05) is 29.8 Å². The van der Waals surface area contributed by atoms with Gasteiger partial charge in [0.1, 0.15) is 5.82 Å². The van der Waals surface area contributed by atoms with Gasteiger partial charge in [-0.05, 0) is 78.0 Å². The number of rotatable bonds is 5. The van der Waals surface area contributed by atoms with Crippen LogP contribution in [0, 0.1) is 5.82 Å². The first-order chi connectivity index (χ1) is 15.0. The van der Waals surface area contributed by atoms with Crippen LogP contribution < -0.4 is 5.32 Å². The molecule has 0 aliphatic rings. The Bertz CT molecular complexity index is 1230. The van der Waals surface area contributed by atoms with E-state index < -0.39 is 5.82 Å². The maximum absolute atomic E-state index is 14.0. The molecule has 0 aliphatic heterocycles. The zero-order chi connectivity index (χ0) is 21.8. The molecule has 4 aromatic rings. The lowest BCUT2D eigenvalue weighted by Crippen LogP contribution is -2.13. The molecule has 1 N–H and O–H groups in total. The second-order valence-electron chi connectivity index (χ2n) is 6.82. The van der Waals surface area contributed by atoms with E-state index in [0.29, 0.717) is 22.4 Å². The number of anilines is 1. The molecule has 0 fully saturated rings. The Balaban J connectivity index is 1.69. The molecule has 0 aliphatic carbocycles. The molecule has 3 aromatic carbocycles. The van der Waals surface area contributed by atoms with Gasteiger partial charge in [-0.15, -0.1) is 11.8 Å². The molecule has 0 unspecified atom stereocenters. The van der Waals surface area contributed by atoms with E-state index in [9.17, 15) is 9.18 Å². The Kier molecular flexibility index (Phi) is 6.35. The van der Waals surface area contributed by atoms with E-state index in [1.54, 1.807) is 30.1 Å². The minimum absolute atomic E-state index is 0.277. The first-order valence-electron chi connectivity index (χ1n) is 9.51. The summed E-state index contributed by atoms with van der Waals surface area (Å²) in [6, 6.07) is 22.9. The quantitative estimate of drug-likeness (QED) is 0.329. The molecule has 1 heterocycles. The fourth-order valence-corrected chi connectivity index (χ4v) is 3.95. The second-order valence-corrected chi connectivity index (χ2v) is 8.14. The zero-order valence-corrected chi connectivity index (χ0v) is 18.2. The average Bonchev–Trinajstić information content (AvgIpc) is 2.78. The number of hydrogen-bond donors (Lipinski definition) is 1. The largest absolute Gasteiger partial charge is 0.322 e. The van der Waals surface area contributed by atoms with E-state index >= 15 is 0 Å². The van der Waals surface area contributed by atoms with E-state index in [2.05, 4.69) is 10.3 Å². The van der Waals surface area contributed by atoms with Crippen LogP contribution in [0.3, 0.4) is 0 Å². The Labute approximate surface area is 189 Å². The number of thioether (sulfide) groups is 1. The molecule has 31 heavy (non-hydrogen) atoms. The summed E-state index contributed by atoms with van der Waals surface area (Å²) in [5.74, 6) is -0.743. The SMILES string of the molecule is CSc1ccc(C(=O)Nc2cccc(-c3ccccn3)c2)c(-c2cc(F)cc(Cl)c2)c1. The summed E-state index contributed by atoms with van der Waals surface area (Å²) in [5, 5.41) is 3.22. The van der Waals surface area contributed by atoms with E-state index in [4.69, 9.17) is 11.6 Å². The normalized spacial score (nSPS) is 10.7. The lowest BCUT2D eigenvalue weighted by molar-refractivity contribution is 0.102. The summed E-state index contributed by atoms with van der Waals surface area (Å²) >= 11 is 7.60. The first kappa shape index (κ1) is 21.1. The van der Waals surface area contributed by atoms with Crippen molar-refractivity contribution in [2.75, 3.05) is 11.6 Å². The highest BCUT2D eigenvalue weighted by Crippen LogP contribution is 2.31. The Morgan fingerprint density at radius 1 is 0.968 bits per heavy atom. The molecular formula is C25H18ClFN2OS. The van der Waals surface area contributed by atoms with Crippen molar-refractivity contribution in [2.45, 2.75) is 4.90 Å². The summed E-state index contributed by atoms with van der Waals surface area (Å²) in [4.78, 5) is 18.5. The zero-order valence-electron chi connectivity index (χ0n) is 16.6. The number of nitrogens with zero attached hydrogens (tertiary/aromatic N) is 1. The molecule has 3 nitrogen and oxygen atoms in total. The minimum Gasteiger partial charge on any atom is -0.322 e. The molecule has 0 saturated carbocycles. The van der Waals surface area contributed by atoms with Crippen LogP contribution in [0.2, 0.25) is 5.02 Å². The molecule has 0 spiro atoms. The minimum atomic E-state index is -0.452. The molecule has 0 atom stereocenters. The Morgan fingerprint density at radius 2 is 1.84 bits per heavy atom. The molecule has 0 saturated heterocycles. The molecule has 154 valence electrons. The van der Waals surface area contributed by atoms with Crippen molar-refractivity contribution in [3.63, 3.8) is 0 Å². The Morgan fingerprint density at radius 3 is 2.58 bits per heavy atom. The fraction of sp³-hybridized carbons (Fsp3) is 0.0400. The highest BCUT2D eigenvalue weighted by atomic mass is 35.5. The summed E-state index contributed by atoms with van der Waals surface area (Å²) in [7, 11) is 0. The molecular weight excluding hydrogens is 431 g/mol. The van der Waals surface area contributed by atoms with Crippen LogP contribution in [0.1, 0.15) is 10.4 Å². The maximum Gasteiger partial charge on any atom is 0.256 e. The smallest absolute Gasteiger partial charge is 0.256 e. The fourth-order valence-electron chi connectivity index (χ4n) is 3.28. The number of nitrogens with one attached hydrogen (secondary N) is 1. The van der Waals surface area contributed by atoms with E-state index in [1.165, 1.54) is 12.1 Å². The van der Waals surface area contributed by atoms with Gasteiger partial charge in [0.2, 0.25) is 0 Å². The lowest BCUT2D eigenvalue weighted by atomic mass is 9.99. The third-order valence-corrected chi connectivity index (χ3v) is 5.67. The van der Waals surface area contributed by atoms with Crippen molar-refractivity contribution in [2.24, 2.45) is 0 Å². The van der Waals surface area contributed by atoms with Crippen LogP contribution >= 0.6 is 23.4 Å². The van der Waals surface area contributed by atoms with Crippen molar-refractivity contribution >= 4 is 35.0 Å². The van der Waals surface area contributed by atoms with Crippen molar-refractivity contribution in [1.29, 1.82) is 0 Å². The first-order valence-corrected chi connectivity index (χ1v) is 11.1. The van der Waals surface area contributed by atoms with Crippen LogP contribution in [0.25, 0.3) is 22.4 Å². The summed E-state index contributed by atoms with van der Waals surface area (Å²) in [6.45, 7) is 0. The van der Waals surface area contributed by atoms with Gasteiger partial charge in [0.15, 0.2) is 0 Å². The second kappa shape index (κ2) is 9.33. The van der Waals surface area contributed by atoms with Crippen molar-refractivity contribution in [3.8, 4) is 22.4 Å². The summed E-state index contributed by atoms with van der Waals surface area (Å²) in [5.41, 5.74) is 3.96. The molecule has 0 radical (unpaired) electrons. The maximum atomic E-state index is 14.0. The monoisotopic (exact) mass is 448 g/mol. The highest BCUT2D eigenvalue weighted by Gasteiger charge is 2.16. The molecule has 1 amide bonds. The summed E-state index contributed by atoms with van der Waals surface area (Å²) in [6.07, 6.45) is 3.67. The molecule has 4 rings (SSSR count). The number of aromatic nitrogens is 1. The number of pyridine rings is 1. The molecule has 6 heteroatoms. The number of carbonyl (C=O) groups excluding carboxylic acids is 1. The van der Waals surface area contributed by atoms with Gasteiger partial charge < -0.3 is 5.32 Å². The molecule has 0 bridgehead atoms. The van der Waals surface area contributed by atoms with Gasteiger partial charge in [-0.2, -0.15) is 0 Å². The van der Waals surface area contributed by atoms with Gasteiger partial charge >= 0.3 is 0 Å². The standard InChI is InChI=1S/C25H18ClFN2OS/c1-31-21-8-9-22(23(15-21)17-11-18(26)14-19(27)12-17)25(30)29-20-6-4-5-16(13-20)24-7-2-3-10-28-24/h2-15H,1H3,(H,29,30). The predicted molar refractivity (Wildman–Crippen MR) is 126 cm³/mol. The third-order valence-electron chi connectivity index (χ3n) is 4.73. The van der Waals surface area contributed by atoms with E-state index in [-0.39, 0.29) is 10.9 Å². The van der Waals surface area contributed by atoms with Gasteiger partial charge in [0, 0.05) is 32.9 Å². The van der Waals surface area contributed by atoms with Crippen molar-refractivity contribution < 1.29 is 9.18 Å². The van der Waals surface area contributed by atoms with Gasteiger partial charge in [-0.25, -0.2) is 4.39 Å². The highest BCUT2D eigenvalue weighted by molar-refractivity contribution is 7.98. The van der Waals surface area contributed by atoms with Crippen LogP contribution in [-0.2, 0) is 0 Å². The molecule has 1 aromatic heterocycles. The van der Waals surface area contributed by atoms with Crippen molar-refractivity contribution in [3.05, 3.63) is 101 Å². The summed E-state index contributed by atoms with van der Waals surface area (Å²) < 4.78 is 14.0. The van der Waals surface area contributed by atoms with Crippen molar-refractivity contribution in [1.82, 2.24) is 4.98 Å². The number of amides is 1. The van der Waals surface area contributed by atoms with Gasteiger partial charge in [0.05, 0.1) is 5.69 Å². The average molecular weight is 449 g/mol. The lowest BCUT2D eigenvalue weighted by Gasteiger charge is -2.13. The van der Waals surface area contributed by atoms with Gasteiger partial charge in [0.25, 0.3) is 5.91 Å². The third kappa shape index (κ3) is 4.95. The van der Waals surface area contributed by atoms with Crippen LogP contribution in [0.4, 0.5) is 10.1 Å². The van der Waals surface area contributed by atoms with Gasteiger partial charge in [-0.3, -0.25) is 9.78 Å². The Hall–Kier alpha value is -3.15.